The van der Waals surface area contributed by atoms with Crippen molar-refractivity contribution in [1.29, 1.82) is 10.5 Å². The summed E-state index contributed by atoms with van der Waals surface area (Å²) in [5.41, 5.74) is 9.38. The highest BCUT2D eigenvalue weighted by Crippen LogP contribution is 2.38. The van der Waals surface area contributed by atoms with Crippen LogP contribution in [0.5, 0.6) is 0 Å². The third kappa shape index (κ3) is 6.21. The number of benzene rings is 3. The van der Waals surface area contributed by atoms with Crippen LogP contribution in [0.25, 0.3) is 45.6 Å². The molecule has 2 heterocycles. The maximum absolute atomic E-state index is 10.1. The Bertz CT molecular complexity index is 1670. The highest BCUT2D eigenvalue weighted by molar-refractivity contribution is 7.11. The van der Waals surface area contributed by atoms with Gasteiger partial charge >= 0.3 is 0 Å². The molecule has 6 heteroatoms. The summed E-state index contributed by atoms with van der Waals surface area (Å²) < 4.78 is 0. The lowest BCUT2D eigenvalue weighted by atomic mass is 9.89. The zero-order valence-corrected chi connectivity index (χ0v) is 25.6. The van der Waals surface area contributed by atoms with Crippen molar-refractivity contribution < 1.29 is 0 Å². The number of nitrogens with zero attached hydrogens (tertiary/aromatic N) is 4. The van der Waals surface area contributed by atoms with Gasteiger partial charge in [0.25, 0.3) is 0 Å². The number of hydrogen-bond donors (Lipinski definition) is 0. The van der Waals surface area contributed by atoms with Crippen LogP contribution in [-0.2, 0) is 0 Å². The first-order valence-corrected chi connectivity index (χ1v) is 15.2. The second-order valence-electron chi connectivity index (χ2n) is 10.2. The lowest BCUT2D eigenvalue weighted by Crippen LogP contribution is -2.08. The third-order valence-corrected chi connectivity index (χ3v) is 8.83. The van der Waals surface area contributed by atoms with Crippen LogP contribution in [0.3, 0.4) is 0 Å². The molecule has 0 aliphatic heterocycles. The van der Waals surface area contributed by atoms with Gasteiger partial charge in [0.05, 0.1) is 11.1 Å². The molecule has 0 saturated heterocycles. The van der Waals surface area contributed by atoms with Crippen LogP contribution in [0.1, 0.15) is 20.9 Å². The summed E-state index contributed by atoms with van der Waals surface area (Å²) in [6, 6.07) is 33.9. The first kappa shape index (κ1) is 28.6. The van der Waals surface area contributed by atoms with Crippen molar-refractivity contribution in [3.8, 4) is 34.4 Å². The van der Waals surface area contributed by atoms with E-state index in [1.807, 2.05) is 75.4 Å². The van der Waals surface area contributed by atoms with E-state index in [9.17, 15) is 10.5 Å². The number of hydrogen-bond acceptors (Lipinski definition) is 6. The summed E-state index contributed by atoms with van der Waals surface area (Å²) >= 11 is 3.11. The van der Waals surface area contributed by atoms with E-state index in [4.69, 9.17) is 0 Å². The Morgan fingerprint density at radius 2 is 0.976 bits per heavy atom. The largest absolute Gasteiger partial charge is 0.378 e. The van der Waals surface area contributed by atoms with E-state index in [2.05, 4.69) is 82.6 Å². The molecule has 5 aromatic rings. The highest BCUT2D eigenvalue weighted by atomic mass is 32.1. The van der Waals surface area contributed by atoms with Gasteiger partial charge in [-0.2, -0.15) is 10.5 Å². The van der Waals surface area contributed by atoms with Crippen LogP contribution in [-0.4, -0.2) is 28.2 Å². The lowest BCUT2D eigenvalue weighted by Gasteiger charge is -2.17. The van der Waals surface area contributed by atoms with Gasteiger partial charge in [-0.15, -0.1) is 22.7 Å². The normalized spacial score (nSPS) is 11.6. The molecule has 0 spiro atoms. The molecule has 2 aromatic heterocycles. The van der Waals surface area contributed by atoms with Crippen molar-refractivity contribution in [2.24, 2.45) is 0 Å². The topological polar surface area (TPSA) is 54.1 Å². The van der Waals surface area contributed by atoms with E-state index >= 15 is 0 Å². The van der Waals surface area contributed by atoms with Crippen LogP contribution in [0.2, 0.25) is 0 Å². The van der Waals surface area contributed by atoms with Crippen LogP contribution < -0.4 is 9.80 Å². The molecule has 206 valence electrons. The van der Waals surface area contributed by atoms with E-state index in [1.54, 1.807) is 22.7 Å². The van der Waals surface area contributed by atoms with Gasteiger partial charge in [0.1, 0.15) is 12.1 Å². The van der Waals surface area contributed by atoms with Gasteiger partial charge in [-0.3, -0.25) is 0 Å². The summed E-state index contributed by atoms with van der Waals surface area (Å²) in [7, 11) is 8.10. The Morgan fingerprint density at radius 1 is 0.595 bits per heavy atom. The van der Waals surface area contributed by atoms with E-state index in [0.717, 1.165) is 54.5 Å². The van der Waals surface area contributed by atoms with Crippen molar-refractivity contribution in [1.82, 2.24) is 0 Å². The van der Waals surface area contributed by atoms with Crippen molar-refractivity contribution in [3.63, 3.8) is 0 Å². The van der Waals surface area contributed by atoms with Crippen molar-refractivity contribution in [2.75, 3.05) is 38.0 Å². The number of rotatable bonds is 8. The predicted octanol–water partition coefficient (Wildman–Crippen LogP) is 9.40. The maximum Gasteiger partial charge on any atom is 0.101 e. The molecule has 0 fully saturated rings. The summed E-state index contributed by atoms with van der Waals surface area (Å²) in [6.07, 6.45) is 3.97. The maximum atomic E-state index is 10.1. The average Bonchev–Trinajstić information content (AvgIpc) is 3.74. The summed E-state index contributed by atoms with van der Waals surface area (Å²) in [5, 5.41) is 24.2. The van der Waals surface area contributed by atoms with E-state index in [1.165, 1.54) is 0 Å². The minimum atomic E-state index is 0.615. The zero-order chi connectivity index (χ0) is 29.6. The standard InChI is InChI=1S/C36H30N4S2/c1-39(2)31-13-9-25(10-14-31)33-21-28(20-30(24-38)36-8-6-18-42-36)34(26-11-15-32(16-12-26)40(3)4)22-27(33)19-29(23-37)35-7-5-17-41-35/h5-22H,1-4H3/b29-19+,30-20+. The quantitative estimate of drug-likeness (QED) is 0.171. The van der Waals surface area contributed by atoms with Gasteiger partial charge in [-0.05, 0) is 105 Å². The molecule has 42 heavy (non-hydrogen) atoms. The van der Waals surface area contributed by atoms with E-state index in [-0.39, 0.29) is 0 Å². The molecular formula is C36H30N4S2. The Hall–Kier alpha value is -4.88. The van der Waals surface area contributed by atoms with Gasteiger partial charge < -0.3 is 9.80 Å². The Kier molecular flexibility index (Phi) is 8.69. The fourth-order valence-corrected chi connectivity index (χ4v) is 6.13. The van der Waals surface area contributed by atoms with Crippen LogP contribution in [0.4, 0.5) is 11.4 Å². The zero-order valence-electron chi connectivity index (χ0n) is 24.0. The molecular weight excluding hydrogens is 553 g/mol. The fraction of sp³-hybridized carbons (Fsp3) is 0.111. The van der Waals surface area contributed by atoms with Crippen LogP contribution in [0, 0.1) is 22.7 Å². The van der Waals surface area contributed by atoms with Gasteiger partial charge in [0.2, 0.25) is 0 Å². The predicted molar refractivity (Wildman–Crippen MR) is 182 cm³/mol. The molecule has 0 radical (unpaired) electrons. The molecule has 0 aliphatic rings. The molecule has 0 amide bonds. The molecule has 5 rings (SSSR count). The Balaban J connectivity index is 1.80. The molecule has 0 atom stereocenters. The summed E-state index contributed by atoms with van der Waals surface area (Å²) in [4.78, 5) is 6.00. The molecule has 0 aliphatic carbocycles. The van der Waals surface area contributed by atoms with Crippen molar-refractivity contribution in [2.45, 2.75) is 0 Å². The van der Waals surface area contributed by atoms with Gasteiger partial charge in [-0.1, -0.05) is 36.4 Å². The molecule has 0 N–H and O–H groups in total. The molecule has 4 nitrogen and oxygen atoms in total. The lowest BCUT2D eigenvalue weighted by molar-refractivity contribution is 1.13. The van der Waals surface area contributed by atoms with Crippen LogP contribution >= 0.6 is 22.7 Å². The molecule has 0 saturated carbocycles. The second-order valence-corrected chi connectivity index (χ2v) is 12.1. The van der Waals surface area contributed by atoms with Gasteiger partial charge in [-0.25, -0.2) is 0 Å². The van der Waals surface area contributed by atoms with E-state index in [0.29, 0.717) is 11.1 Å². The summed E-state index contributed by atoms with van der Waals surface area (Å²) in [6.45, 7) is 0. The minimum absolute atomic E-state index is 0.615. The van der Waals surface area contributed by atoms with Crippen molar-refractivity contribution >= 4 is 57.3 Å². The van der Waals surface area contributed by atoms with Gasteiger partial charge in [0, 0.05) is 49.3 Å². The van der Waals surface area contributed by atoms with Gasteiger partial charge in [0.15, 0.2) is 0 Å². The first-order chi connectivity index (χ1) is 20.4. The molecule has 3 aromatic carbocycles. The first-order valence-electron chi connectivity index (χ1n) is 13.4. The number of nitriles is 2. The Labute approximate surface area is 256 Å². The van der Waals surface area contributed by atoms with Crippen LogP contribution in [0.15, 0.2) is 95.7 Å². The second kappa shape index (κ2) is 12.7. The number of anilines is 2. The number of allylic oxidation sites excluding steroid dienone is 2. The fourth-order valence-electron chi connectivity index (χ4n) is 4.74. The Morgan fingerprint density at radius 3 is 1.26 bits per heavy atom. The monoisotopic (exact) mass is 582 g/mol. The SMILES string of the molecule is CN(C)c1ccc(-c2cc(/C=C(\C#N)c3cccs3)c(-c3ccc(N(C)C)cc3)cc2/C=C(\C#N)c2cccs2)cc1. The minimum Gasteiger partial charge on any atom is -0.378 e. The highest BCUT2D eigenvalue weighted by Gasteiger charge is 2.15. The average molecular weight is 583 g/mol. The smallest absolute Gasteiger partial charge is 0.101 e. The molecule has 0 unspecified atom stereocenters. The number of thiophene rings is 2. The third-order valence-electron chi connectivity index (χ3n) is 7.02. The summed E-state index contributed by atoms with van der Waals surface area (Å²) in [5.74, 6) is 0. The van der Waals surface area contributed by atoms with Crippen molar-refractivity contribution in [3.05, 3.63) is 117 Å². The molecule has 0 bridgehead atoms. The van der Waals surface area contributed by atoms with E-state index < -0.39 is 0 Å².